The molecule has 3 aromatic rings. The number of hydrogen-bond acceptors (Lipinski definition) is 5. The first-order valence-corrected chi connectivity index (χ1v) is 12.4. The van der Waals surface area contributed by atoms with Crippen molar-refractivity contribution in [2.45, 2.75) is 13.5 Å². The van der Waals surface area contributed by atoms with Gasteiger partial charge >= 0.3 is 6.03 Å². The van der Waals surface area contributed by atoms with Crippen molar-refractivity contribution in [3.8, 4) is 11.5 Å². The Labute approximate surface area is 229 Å². The van der Waals surface area contributed by atoms with Gasteiger partial charge in [-0.25, -0.2) is 14.1 Å². The third kappa shape index (κ3) is 5.95. The van der Waals surface area contributed by atoms with E-state index in [0.717, 1.165) is 22.6 Å². The fourth-order valence-corrected chi connectivity index (χ4v) is 4.40. The van der Waals surface area contributed by atoms with Crippen LogP contribution in [0.5, 0.6) is 11.5 Å². The molecule has 0 radical (unpaired) electrons. The first-order valence-electron chi connectivity index (χ1n) is 10.9. The predicted molar refractivity (Wildman–Crippen MR) is 142 cm³/mol. The number of imide groups is 2. The lowest BCUT2D eigenvalue weighted by molar-refractivity contribution is -0.122. The number of barbiturate groups is 1. The Hall–Kier alpha value is -3.40. The molecule has 1 N–H and O–H groups in total. The number of ether oxygens (including phenoxy) is 2. The van der Waals surface area contributed by atoms with Crippen molar-refractivity contribution in [1.82, 2.24) is 5.32 Å². The molecule has 4 rings (SSSR count). The van der Waals surface area contributed by atoms with Crippen molar-refractivity contribution in [1.29, 1.82) is 0 Å². The number of urea groups is 1. The van der Waals surface area contributed by atoms with Crippen LogP contribution in [0.15, 0.2) is 64.6 Å². The Balaban J connectivity index is 1.65. The zero-order chi connectivity index (χ0) is 26.7. The standard InChI is InChI=1S/C26H18BrCl2FN2O5/c1-2-36-22-12-15(10-19(27)23(22)37-13-14-3-8-20(28)21(29)11-14)9-18-24(33)31-26(35)32(25(18)34)17-6-4-16(30)5-7-17/h3-12H,2,13H2,1H3,(H,31,33,35)/b18-9+. The zero-order valence-electron chi connectivity index (χ0n) is 19.2. The van der Waals surface area contributed by atoms with E-state index in [2.05, 4.69) is 21.2 Å². The molecule has 11 heteroatoms. The molecule has 4 amide bonds. The van der Waals surface area contributed by atoms with Crippen LogP contribution in [0.25, 0.3) is 6.08 Å². The van der Waals surface area contributed by atoms with Crippen LogP contribution in [-0.2, 0) is 16.2 Å². The van der Waals surface area contributed by atoms with Crippen LogP contribution < -0.4 is 19.7 Å². The fourth-order valence-electron chi connectivity index (χ4n) is 3.51. The van der Waals surface area contributed by atoms with Gasteiger partial charge in [0.05, 0.1) is 26.8 Å². The minimum absolute atomic E-state index is 0.115. The summed E-state index contributed by atoms with van der Waals surface area (Å²) in [6.07, 6.45) is 1.33. The maximum Gasteiger partial charge on any atom is 0.335 e. The number of halogens is 4. The van der Waals surface area contributed by atoms with Gasteiger partial charge in [-0.2, -0.15) is 0 Å². The van der Waals surface area contributed by atoms with Crippen LogP contribution in [0.1, 0.15) is 18.1 Å². The number of carbonyl (C=O) groups excluding carboxylic acids is 3. The number of amides is 4. The molecule has 0 aromatic heterocycles. The Morgan fingerprint density at radius 1 is 1.00 bits per heavy atom. The number of hydrogen-bond donors (Lipinski definition) is 1. The van der Waals surface area contributed by atoms with Crippen molar-refractivity contribution in [2.24, 2.45) is 0 Å². The van der Waals surface area contributed by atoms with Crippen LogP contribution in [0.4, 0.5) is 14.9 Å². The van der Waals surface area contributed by atoms with Gasteiger partial charge in [0, 0.05) is 0 Å². The third-order valence-corrected chi connectivity index (χ3v) is 6.52. The van der Waals surface area contributed by atoms with E-state index in [1.807, 2.05) is 0 Å². The van der Waals surface area contributed by atoms with Crippen LogP contribution in [-0.4, -0.2) is 24.5 Å². The molecule has 1 saturated heterocycles. The Kier molecular flexibility index (Phi) is 8.16. The predicted octanol–water partition coefficient (Wildman–Crippen LogP) is 6.54. The van der Waals surface area contributed by atoms with Gasteiger partial charge in [0.2, 0.25) is 0 Å². The molecule has 1 aliphatic heterocycles. The van der Waals surface area contributed by atoms with Crippen LogP contribution >= 0.6 is 39.1 Å². The van der Waals surface area contributed by atoms with Gasteiger partial charge in [0.15, 0.2) is 11.5 Å². The van der Waals surface area contributed by atoms with E-state index >= 15 is 0 Å². The van der Waals surface area contributed by atoms with Crippen LogP contribution in [0, 0.1) is 5.82 Å². The number of nitrogens with zero attached hydrogens (tertiary/aromatic N) is 1. The molecule has 3 aromatic carbocycles. The maximum atomic E-state index is 13.3. The van der Waals surface area contributed by atoms with Gasteiger partial charge in [0.1, 0.15) is 18.0 Å². The number of benzene rings is 3. The average Bonchev–Trinajstić information content (AvgIpc) is 2.84. The Morgan fingerprint density at radius 3 is 2.41 bits per heavy atom. The van der Waals surface area contributed by atoms with Gasteiger partial charge < -0.3 is 9.47 Å². The van der Waals surface area contributed by atoms with E-state index in [-0.39, 0.29) is 17.9 Å². The first-order chi connectivity index (χ1) is 17.7. The van der Waals surface area contributed by atoms with E-state index in [1.165, 1.54) is 18.2 Å². The Bertz CT molecular complexity index is 1430. The molecular weight excluding hydrogens is 590 g/mol. The minimum Gasteiger partial charge on any atom is -0.490 e. The highest BCUT2D eigenvalue weighted by Crippen LogP contribution is 2.38. The summed E-state index contributed by atoms with van der Waals surface area (Å²) in [7, 11) is 0. The van der Waals surface area contributed by atoms with Gasteiger partial charge in [-0.05, 0) is 88.6 Å². The van der Waals surface area contributed by atoms with Crippen LogP contribution in [0.2, 0.25) is 10.0 Å². The van der Waals surface area contributed by atoms with Gasteiger partial charge in [-0.15, -0.1) is 0 Å². The molecule has 0 unspecified atom stereocenters. The van der Waals surface area contributed by atoms with Crippen molar-refractivity contribution < 1.29 is 28.2 Å². The maximum absolute atomic E-state index is 13.3. The number of rotatable bonds is 7. The van der Waals surface area contributed by atoms with Crippen molar-refractivity contribution in [3.63, 3.8) is 0 Å². The number of carbonyl (C=O) groups is 3. The molecular formula is C26H18BrCl2FN2O5. The monoisotopic (exact) mass is 606 g/mol. The number of anilines is 1. The zero-order valence-corrected chi connectivity index (χ0v) is 22.3. The molecule has 0 spiro atoms. The van der Waals surface area contributed by atoms with Crippen molar-refractivity contribution in [2.75, 3.05) is 11.5 Å². The molecule has 0 atom stereocenters. The van der Waals surface area contributed by atoms with E-state index in [1.54, 1.807) is 37.3 Å². The second-order valence-corrected chi connectivity index (χ2v) is 9.40. The highest BCUT2D eigenvalue weighted by Gasteiger charge is 2.36. The van der Waals surface area contributed by atoms with Crippen molar-refractivity contribution in [3.05, 3.63) is 91.6 Å². The lowest BCUT2D eigenvalue weighted by Gasteiger charge is -2.26. The largest absolute Gasteiger partial charge is 0.490 e. The highest BCUT2D eigenvalue weighted by atomic mass is 79.9. The van der Waals surface area contributed by atoms with E-state index in [0.29, 0.717) is 38.2 Å². The van der Waals surface area contributed by atoms with E-state index in [4.69, 9.17) is 32.7 Å². The molecule has 0 bridgehead atoms. The normalized spacial score (nSPS) is 14.7. The smallest absolute Gasteiger partial charge is 0.335 e. The highest BCUT2D eigenvalue weighted by molar-refractivity contribution is 9.10. The average molecular weight is 608 g/mol. The summed E-state index contributed by atoms with van der Waals surface area (Å²) in [4.78, 5) is 38.8. The van der Waals surface area contributed by atoms with Crippen LogP contribution in [0.3, 0.4) is 0 Å². The van der Waals surface area contributed by atoms with E-state index in [9.17, 15) is 18.8 Å². The molecule has 1 heterocycles. The Morgan fingerprint density at radius 2 is 1.73 bits per heavy atom. The summed E-state index contributed by atoms with van der Waals surface area (Å²) in [5, 5.41) is 2.96. The topological polar surface area (TPSA) is 84.9 Å². The second kappa shape index (κ2) is 11.3. The summed E-state index contributed by atoms with van der Waals surface area (Å²) >= 11 is 15.5. The van der Waals surface area contributed by atoms with Gasteiger partial charge in [-0.1, -0.05) is 29.3 Å². The molecule has 7 nitrogen and oxygen atoms in total. The molecule has 190 valence electrons. The van der Waals surface area contributed by atoms with Crippen molar-refractivity contribution >= 4 is 68.7 Å². The lowest BCUT2D eigenvalue weighted by atomic mass is 10.1. The second-order valence-electron chi connectivity index (χ2n) is 7.73. The first kappa shape index (κ1) is 26.7. The quantitative estimate of drug-likeness (QED) is 0.243. The number of nitrogens with one attached hydrogen (secondary N) is 1. The molecule has 1 aliphatic rings. The SMILES string of the molecule is CCOc1cc(/C=C2\C(=O)NC(=O)N(c3ccc(F)cc3)C2=O)cc(Br)c1OCc1ccc(Cl)c(Cl)c1. The summed E-state index contributed by atoms with van der Waals surface area (Å²) < 4.78 is 25.5. The molecule has 1 fully saturated rings. The summed E-state index contributed by atoms with van der Waals surface area (Å²) in [6.45, 7) is 2.29. The summed E-state index contributed by atoms with van der Waals surface area (Å²) in [6, 6.07) is 12.2. The van der Waals surface area contributed by atoms with E-state index < -0.39 is 23.7 Å². The molecule has 0 aliphatic carbocycles. The minimum atomic E-state index is -0.930. The fraction of sp³-hybridized carbons (Fsp3) is 0.115. The summed E-state index contributed by atoms with van der Waals surface area (Å²) in [5.41, 5.74) is 1.04. The molecule has 37 heavy (non-hydrogen) atoms. The summed E-state index contributed by atoms with van der Waals surface area (Å²) in [5.74, 6) is -1.48. The third-order valence-electron chi connectivity index (χ3n) is 5.20. The van der Waals surface area contributed by atoms with Gasteiger partial charge in [-0.3, -0.25) is 14.9 Å². The van der Waals surface area contributed by atoms with Gasteiger partial charge in [0.25, 0.3) is 11.8 Å². The lowest BCUT2D eigenvalue weighted by Crippen LogP contribution is -2.54. The molecule has 0 saturated carbocycles.